The summed E-state index contributed by atoms with van der Waals surface area (Å²) in [5.74, 6) is 1.84. The molecule has 0 saturated carbocycles. The molecular formula is C10H18O. The normalized spacial score (nSPS) is 38.5. The maximum atomic E-state index is 9.42. The third kappa shape index (κ3) is 2.96. The molecule has 1 aliphatic rings. The molecule has 0 aliphatic heterocycles. The third-order valence-corrected chi connectivity index (χ3v) is 2.39. The second-order valence-corrected chi connectivity index (χ2v) is 3.88. The van der Waals surface area contributed by atoms with Gasteiger partial charge in [0, 0.05) is 6.42 Å². The molecule has 2 atom stereocenters. The molecule has 0 amide bonds. The zero-order valence-electron chi connectivity index (χ0n) is 7.51. The molecule has 0 aromatic carbocycles. The van der Waals surface area contributed by atoms with Gasteiger partial charge < -0.3 is 5.11 Å². The van der Waals surface area contributed by atoms with Crippen molar-refractivity contribution >= 4 is 0 Å². The van der Waals surface area contributed by atoms with E-state index in [9.17, 15) is 5.11 Å². The number of aliphatic hydroxyl groups excluding tert-OH is 1. The van der Waals surface area contributed by atoms with Crippen LogP contribution >= 0.6 is 0 Å². The van der Waals surface area contributed by atoms with Crippen molar-refractivity contribution in [1.82, 2.24) is 0 Å². The Morgan fingerprint density at radius 1 is 1.36 bits per heavy atom. The van der Waals surface area contributed by atoms with Crippen molar-refractivity contribution in [2.45, 2.75) is 39.5 Å². The molecule has 1 rings (SSSR count). The van der Waals surface area contributed by atoms with Crippen LogP contribution in [-0.4, -0.2) is 5.11 Å². The summed E-state index contributed by atoms with van der Waals surface area (Å²) >= 11 is 0. The van der Waals surface area contributed by atoms with Gasteiger partial charge in [0.2, 0.25) is 0 Å². The topological polar surface area (TPSA) is 20.2 Å². The summed E-state index contributed by atoms with van der Waals surface area (Å²) in [4.78, 5) is 0. The third-order valence-electron chi connectivity index (χ3n) is 2.39. The van der Waals surface area contributed by atoms with Gasteiger partial charge in [0.1, 0.15) is 0 Å². The summed E-state index contributed by atoms with van der Waals surface area (Å²) in [7, 11) is 0. The fraction of sp³-hybridized carbons (Fsp3) is 0.800. The van der Waals surface area contributed by atoms with Crippen LogP contribution in [-0.2, 0) is 0 Å². The number of aliphatic hydroxyl groups is 1. The zero-order valence-corrected chi connectivity index (χ0v) is 7.51. The maximum absolute atomic E-state index is 9.42. The second-order valence-electron chi connectivity index (χ2n) is 3.88. The van der Waals surface area contributed by atoms with Crippen molar-refractivity contribution in [1.29, 1.82) is 0 Å². The molecule has 0 bridgehead atoms. The minimum atomic E-state index is 0.572. The Bertz CT molecular complexity index is 149. The summed E-state index contributed by atoms with van der Waals surface area (Å²) in [6.45, 7) is 4.38. The predicted molar refractivity (Wildman–Crippen MR) is 47.5 cm³/mol. The first-order chi connectivity index (χ1) is 5.18. The van der Waals surface area contributed by atoms with Gasteiger partial charge in [-0.3, -0.25) is 0 Å². The monoisotopic (exact) mass is 154 g/mol. The first kappa shape index (κ1) is 8.63. The van der Waals surface area contributed by atoms with Crippen LogP contribution in [0.5, 0.6) is 0 Å². The Kier molecular flexibility index (Phi) is 2.98. The van der Waals surface area contributed by atoms with E-state index in [-0.39, 0.29) is 0 Å². The van der Waals surface area contributed by atoms with Gasteiger partial charge in [-0.2, -0.15) is 0 Å². The van der Waals surface area contributed by atoms with Crippen molar-refractivity contribution in [2.24, 2.45) is 11.8 Å². The molecule has 1 N–H and O–H groups in total. The van der Waals surface area contributed by atoms with Crippen LogP contribution in [0.2, 0.25) is 0 Å². The van der Waals surface area contributed by atoms with Crippen LogP contribution in [0.15, 0.2) is 11.8 Å². The molecule has 0 radical (unpaired) electrons. The first-order valence-electron chi connectivity index (χ1n) is 4.58. The highest BCUT2D eigenvalue weighted by Crippen LogP contribution is 2.23. The van der Waals surface area contributed by atoms with Crippen molar-refractivity contribution < 1.29 is 5.11 Å². The van der Waals surface area contributed by atoms with Gasteiger partial charge in [0.25, 0.3) is 0 Å². The van der Waals surface area contributed by atoms with Gasteiger partial charge >= 0.3 is 0 Å². The molecular weight excluding hydrogens is 136 g/mol. The molecule has 0 unspecified atom stereocenters. The van der Waals surface area contributed by atoms with E-state index in [0.717, 1.165) is 6.42 Å². The van der Waals surface area contributed by atoms with Gasteiger partial charge in [-0.25, -0.2) is 0 Å². The van der Waals surface area contributed by atoms with E-state index in [0.29, 0.717) is 17.6 Å². The number of rotatable bonds is 0. The summed E-state index contributed by atoms with van der Waals surface area (Å²) in [5.41, 5.74) is 0. The Labute approximate surface area is 69.1 Å². The van der Waals surface area contributed by atoms with E-state index in [4.69, 9.17) is 0 Å². The largest absolute Gasteiger partial charge is 0.513 e. The molecule has 1 nitrogen and oxygen atoms in total. The molecule has 0 aromatic rings. The van der Waals surface area contributed by atoms with Crippen LogP contribution < -0.4 is 0 Å². The van der Waals surface area contributed by atoms with Crippen molar-refractivity contribution in [2.75, 3.05) is 0 Å². The minimum Gasteiger partial charge on any atom is -0.513 e. The average Bonchev–Trinajstić information content (AvgIpc) is 1.83. The second kappa shape index (κ2) is 3.80. The maximum Gasteiger partial charge on any atom is 0.0888 e. The van der Waals surface area contributed by atoms with E-state index in [1.165, 1.54) is 19.3 Å². The van der Waals surface area contributed by atoms with Gasteiger partial charge in [-0.15, -0.1) is 0 Å². The molecule has 0 spiro atoms. The van der Waals surface area contributed by atoms with Gasteiger partial charge in [0.05, 0.1) is 5.76 Å². The standard InChI is InChI=1S/C10H18O/c1-8-4-3-5-9(2)7-10(11)6-8/h6,8-9,11H,3-5,7H2,1-2H3/b10-6+/t8-,9+/m0/s1. The molecule has 0 fully saturated rings. The van der Waals surface area contributed by atoms with Crippen LogP contribution in [0.1, 0.15) is 39.5 Å². The van der Waals surface area contributed by atoms with Gasteiger partial charge in [-0.1, -0.05) is 26.7 Å². The highest BCUT2D eigenvalue weighted by Gasteiger charge is 2.10. The average molecular weight is 154 g/mol. The number of hydrogen-bond acceptors (Lipinski definition) is 1. The lowest BCUT2D eigenvalue weighted by atomic mass is 9.91. The fourth-order valence-corrected chi connectivity index (χ4v) is 1.73. The lowest BCUT2D eigenvalue weighted by Gasteiger charge is -2.16. The summed E-state index contributed by atoms with van der Waals surface area (Å²) in [6.07, 6.45) is 6.70. The van der Waals surface area contributed by atoms with Crippen LogP contribution in [0.4, 0.5) is 0 Å². The Morgan fingerprint density at radius 3 is 2.82 bits per heavy atom. The van der Waals surface area contributed by atoms with Crippen molar-refractivity contribution in [3.8, 4) is 0 Å². The van der Waals surface area contributed by atoms with Gasteiger partial charge in [-0.05, 0) is 24.3 Å². The zero-order chi connectivity index (χ0) is 8.27. The Hall–Kier alpha value is -0.460. The SMILES string of the molecule is C[C@@H]1CCC[C@H](C)/C=C(/O)C1. The highest BCUT2D eigenvalue weighted by atomic mass is 16.3. The van der Waals surface area contributed by atoms with Crippen LogP contribution in [0.25, 0.3) is 0 Å². The van der Waals surface area contributed by atoms with Crippen molar-refractivity contribution in [3.05, 3.63) is 11.8 Å². The lowest BCUT2D eigenvalue weighted by molar-refractivity contribution is 0.326. The minimum absolute atomic E-state index is 0.572. The van der Waals surface area contributed by atoms with E-state index in [2.05, 4.69) is 13.8 Å². The molecule has 1 heteroatoms. The van der Waals surface area contributed by atoms with Crippen LogP contribution in [0, 0.1) is 11.8 Å². The summed E-state index contributed by atoms with van der Waals surface area (Å²) in [6, 6.07) is 0. The Balaban J connectivity index is 2.54. The van der Waals surface area contributed by atoms with Gasteiger partial charge in [0.15, 0.2) is 0 Å². The van der Waals surface area contributed by atoms with E-state index < -0.39 is 0 Å². The summed E-state index contributed by atoms with van der Waals surface area (Å²) in [5, 5.41) is 9.42. The predicted octanol–water partition coefficient (Wildman–Crippen LogP) is 3.27. The van der Waals surface area contributed by atoms with E-state index >= 15 is 0 Å². The molecule has 0 aromatic heterocycles. The molecule has 1 aliphatic carbocycles. The quantitative estimate of drug-likeness (QED) is 0.567. The molecule has 0 saturated heterocycles. The Morgan fingerprint density at radius 2 is 2.09 bits per heavy atom. The first-order valence-corrected chi connectivity index (χ1v) is 4.58. The number of hydrogen-bond donors (Lipinski definition) is 1. The highest BCUT2D eigenvalue weighted by molar-refractivity contribution is 4.96. The summed E-state index contributed by atoms with van der Waals surface area (Å²) < 4.78 is 0. The van der Waals surface area contributed by atoms with Crippen molar-refractivity contribution in [3.63, 3.8) is 0 Å². The van der Waals surface area contributed by atoms with Crippen LogP contribution in [0.3, 0.4) is 0 Å². The molecule has 0 heterocycles. The van der Waals surface area contributed by atoms with E-state index in [1.807, 2.05) is 6.08 Å². The number of allylic oxidation sites excluding steroid dienone is 2. The fourth-order valence-electron chi connectivity index (χ4n) is 1.73. The smallest absolute Gasteiger partial charge is 0.0888 e. The molecule has 64 valence electrons. The molecule has 11 heavy (non-hydrogen) atoms. The van der Waals surface area contributed by atoms with E-state index in [1.54, 1.807) is 0 Å². The lowest BCUT2D eigenvalue weighted by Crippen LogP contribution is -2.04.